The number of hydrogen-bond acceptors (Lipinski definition) is 5. The molecule has 1 heterocycles. The van der Waals surface area contributed by atoms with Crippen molar-refractivity contribution in [1.29, 1.82) is 5.26 Å². The lowest BCUT2D eigenvalue weighted by Gasteiger charge is -2.04. The van der Waals surface area contributed by atoms with Crippen molar-refractivity contribution in [3.63, 3.8) is 0 Å². The molecule has 0 saturated carbocycles. The van der Waals surface area contributed by atoms with E-state index >= 15 is 0 Å². The number of ether oxygens (including phenoxy) is 1. The fourth-order valence-corrected chi connectivity index (χ4v) is 1.000. The van der Waals surface area contributed by atoms with Gasteiger partial charge in [-0.25, -0.2) is 9.59 Å². The molecule has 0 aromatic carbocycles. The van der Waals surface area contributed by atoms with Gasteiger partial charge < -0.3 is 10.5 Å². The van der Waals surface area contributed by atoms with Gasteiger partial charge in [0.1, 0.15) is 18.2 Å². The summed E-state index contributed by atoms with van der Waals surface area (Å²) in [5, 5.41) is 8.56. The third-order valence-corrected chi connectivity index (χ3v) is 1.71. The molecule has 8 nitrogen and oxygen atoms in total. The van der Waals surface area contributed by atoms with Gasteiger partial charge in [-0.05, 0) is 0 Å². The minimum Gasteiger partial charge on any atom is -0.448 e. The third kappa shape index (κ3) is 2.71. The summed E-state index contributed by atoms with van der Waals surface area (Å²) in [6, 6.07) is 1.63. The normalized spacial score (nSPS) is 9.44. The van der Waals surface area contributed by atoms with Crippen LogP contribution in [0.15, 0.2) is 15.8 Å². The molecule has 3 N–H and O–H groups in total. The first kappa shape index (κ1) is 11.5. The van der Waals surface area contributed by atoms with Crippen LogP contribution in [0, 0.1) is 11.3 Å². The van der Waals surface area contributed by atoms with Crippen LogP contribution >= 0.6 is 0 Å². The van der Waals surface area contributed by atoms with Crippen LogP contribution in [0.25, 0.3) is 0 Å². The molecule has 0 spiro atoms. The zero-order chi connectivity index (χ0) is 12.1. The Morgan fingerprint density at radius 1 is 1.62 bits per heavy atom. The van der Waals surface area contributed by atoms with Crippen molar-refractivity contribution >= 4 is 6.09 Å². The zero-order valence-corrected chi connectivity index (χ0v) is 8.10. The van der Waals surface area contributed by atoms with Crippen molar-refractivity contribution in [3.05, 3.63) is 32.6 Å². The second-order valence-electron chi connectivity index (χ2n) is 2.77. The highest BCUT2D eigenvalue weighted by Crippen LogP contribution is 1.86. The molecule has 0 aliphatic carbocycles. The first-order valence-electron chi connectivity index (χ1n) is 4.20. The highest BCUT2D eigenvalue weighted by Gasteiger charge is 2.04. The van der Waals surface area contributed by atoms with Gasteiger partial charge in [0.2, 0.25) is 0 Å². The Kier molecular flexibility index (Phi) is 3.45. The Bertz CT molecular complexity index is 550. The second kappa shape index (κ2) is 4.79. The van der Waals surface area contributed by atoms with E-state index in [1.54, 1.807) is 6.07 Å². The minimum absolute atomic E-state index is 0.00718. The van der Waals surface area contributed by atoms with Crippen LogP contribution in [0.4, 0.5) is 4.79 Å². The first-order chi connectivity index (χ1) is 7.54. The van der Waals surface area contributed by atoms with Gasteiger partial charge in [-0.15, -0.1) is 0 Å². The number of amides is 1. The molecule has 0 radical (unpaired) electrons. The summed E-state index contributed by atoms with van der Waals surface area (Å²) in [7, 11) is 0. The molecule has 0 aliphatic heterocycles. The molecule has 1 aromatic heterocycles. The van der Waals surface area contributed by atoms with Crippen LogP contribution in [0.3, 0.4) is 0 Å². The van der Waals surface area contributed by atoms with E-state index in [4.69, 9.17) is 11.0 Å². The summed E-state index contributed by atoms with van der Waals surface area (Å²) >= 11 is 0. The van der Waals surface area contributed by atoms with Gasteiger partial charge in [-0.1, -0.05) is 0 Å². The number of carbonyl (C=O) groups is 1. The smallest absolute Gasteiger partial charge is 0.404 e. The third-order valence-electron chi connectivity index (χ3n) is 1.71. The molecule has 0 saturated heterocycles. The molecule has 1 amide bonds. The topological polar surface area (TPSA) is 131 Å². The number of nitrogens with two attached hydrogens (primary N) is 1. The molecular weight excluding hydrogens is 216 g/mol. The molecule has 1 rings (SSSR count). The Hall–Kier alpha value is -2.56. The number of primary amides is 1. The van der Waals surface area contributed by atoms with Gasteiger partial charge in [0, 0.05) is 6.20 Å². The Balaban J connectivity index is 2.89. The van der Waals surface area contributed by atoms with Gasteiger partial charge in [-0.2, -0.15) is 5.26 Å². The van der Waals surface area contributed by atoms with E-state index < -0.39 is 17.3 Å². The minimum atomic E-state index is -0.960. The molecule has 8 heteroatoms. The van der Waals surface area contributed by atoms with Crippen LogP contribution in [-0.4, -0.2) is 22.3 Å². The maximum absolute atomic E-state index is 11.2. The van der Waals surface area contributed by atoms with E-state index in [9.17, 15) is 14.4 Å². The molecule has 0 atom stereocenters. The molecule has 0 fully saturated rings. The van der Waals surface area contributed by atoms with Crippen LogP contribution in [0.2, 0.25) is 0 Å². The Morgan fingerprint density at radius 2 is 2.31 bits per heavy atom. The summed E-state index contributed by atoms with van der Waals surface area (Å²) in [4.78, 5) is 34.4. The standard InChI is InChI=1S/C8H8N4O4/c9-3-5-4-12(1-2-16-7(10)14)8(15)11-6(5)13/h4H,1-2H2,(H2,10,14)(H,11,13,15). The van der Waals surface area contributed by atoms with E-state index in [-0.39, 0.29) is 18.7 Å². The molecule has 0 bridgehead atoms. The SMILES string of the molecule is N#Cc1cn(CCOC(N)=O)c(=O)[nH]c1=O. The Labute approximate surface area is 88.9 Å². The first-order valence-corrected chi connectivity index (χ1v) is 4.20. The lowest BCUT2D eigenvalue weighted by Crippen LogP contribution is -2.32. The van der Waals surface area contributed by atoms with E-state index in [0.29, 0.717) is 0 Å². The van der Waals surface area contributed by atoms with Gasteiger partial charge >= 0.3 is 11.8 Å². The van der Waals surface area contributed by atoms with Crippen molar-refractivity contribution in [1.82, 2.24) is 9.55 Å². The molecule has 16 heavy (non-hydrogen) atoms. The lowest BCUT2D eigenvalue weighted by atomic mass is 10.4. The molecule has 1 aromatic rings. The summed E-state index contributed by atoms with van der Waals surface area (Å²) in [5.41, 5.74) is 3.09. The van der Waals surface area contributed by atoms with Crippen molar-refractivity contribution in [2.75, 3.05) is 6.61 Å². The van der Waals surface area contributed by atoms with Crippen molar-refractivity contribution in [3.8, 4) is 6.07 Å². The average Bonchev–Trinajstić information content (AvgIpc) is 2.20. The average molecular weight is 224 g/mol. The summed E-state index contributed by atoms with van der Waals surface area (Å²) in [6.07, 6.45) is 0.129. The number of nitrogens with one attached hydrogen (secondary N) is 1. The number of carbonyl (C=O) groups excluding carboxylic acids is 1. The van der Waals surface area contributed by atoms with Crippen molar-refractivity contribution in [2.45, 2.75) is 6.54 Å². The van der Waals surface area contributed by atoms with Gasteiger partial charge in [0.05, 0.1) is 6.54 Å². The van der Waals surface area contributed by atoms with E-state index in [1.165, 1.54) is 0 Å². The predicted molar refractivity (Wildman–Crippen MR) is 51.6 cm³/mol. The number of aromatic amines is 1. The highest BCUT2D eigenvalue weighted by atomic mass is 16.5. The quantitative estimate of drug-likeness (QED) is 0.645. The Morgan fingerprint density at radius 3 is 2.88 bits per heavy atom. The molecule has 0 unspecified atom stereocenters. The van der Waals surface area contributed by atoms with Gasteiger partial charge in [0.25, 0.3) is 5.56 Å². The number of hydrogen-bond donors (Lipinski definition) is 2. The van der Waals surface area contributed by atoms with Crippen molar-refractivity contribution in [2.24, 2.45) is 5.73 Å². The highest BCUT2D eigenvalue weighted by molar-refractivity contribution is 5.64. The van der Waals surface area contributed by atoms with E-state index in [2.05, 4.69) is 4.74 Å². The molecular formula is C8H8N4O4. The number of H-pyrrole nitrogens is 1. The monoisotopic (exact) mass is 224 g/mol. The summed E-state index contributed by atoms with van der Waals surface area (Å²) in [6.45, 7) is -0.112. The van der Waals surface area contributed by atoms with Gasteiger partial charge in [0.15, 0.2) is 0 Å². The fourth-order valence-electron chi connectivity index (χ4n) is 1.000. The lowest BCUT2D eigenvalue weighted by molar-refractivity contribution is 0.152. The van der Waals surface area contributed by atoms with Crippen molar-refractivity contribution < 1.29 is 9.53 Å². The maximum atomic E-state index is 11.2. The van der Waals surface area contributed by atoms with Crippen LogP contribution in [0.1, 0.15) is 5.56 Å². The van der Waals surface area contributed by atoms with Crippen LogP contribution in [0.5, 0.6) is 0 Å². The number of rotatable bonds is 3. The number of aromatic nitrogens is 2. The van der Waals surface area contributed by atoms with Gasteiger partial charge in [-0.3, -0.25) is 14.3 Å². The van der Waals surface area contributed by atoms with E-state index in [1.807, 2.05) is 4.98 Å². The molecule has 84 valence electrons. The zero-order valence-electron chi connectivity index (χ0n) is 8.10. The number of nitriles is 1. The number of nitrogens with zero attached hydrogens (tertiary/aromatic N) is 2. The fraction of sp³-hybridized carbons (Fsp3) is 0.250. The second-order valence-corrected chi connectivity index (χ2v) is 2.77. The summed E-state index contributed by atoms with van der Waals surface area (Å²) < 4.78 is 5.45. The summed E-state index contributed by atoms with van der Waals surface area (Å²) in [5.74, 6) is 0. The predicted octanol–water partition coefficient (Wildman–Crippen LogP) is -1.50. The van der Waals surface area contributed by atoms with Crippen LogP contribution in [-0.2, 0) is 11.3 Å². The largest absolute Gasteiger partial charge is 0.448 e. The maximum Gasteiger partial charge on any atom is 0.404 e. The van der Waals surface area contributed by atoms with Crippen LogP contribution < -0.4 is 17.0 Å². The van der Waals surface area contributed by atoms with E-state index in [0.717, 1.165) is 10.8 Å². The molecule has 0 aliphatic rings.